The van der Waals surface area contributed by atoms with Crippen molar-refractivity contribution in [3.8, 4) is 22.5 Å². The zero-order valence-corrected chi connectivity index (χ0v) is 71.6. The summed E-state index contributed by atoms with van der Waals surface area (Å²) in [6.45, 7) is 14.8. The fraction of sp³-hybridized carbons (Fsp3) is 0.563. The third-order valence-electron chi connectivity index (χ3n) is 20.3. The number of nitrogens with one attached hydrogen (secondary N) is 1. The van der Waals surface area contributed by atoms with E-state index in [2.05, 4.69) is 25.6 Å². The molecule has 0 radical (unpaired) electrons. The molecule has 120 heavy (non-hydrogen) atoms. The molecular formula is C87H118N10O21S2. The Morgan fingerprint density at radius 2 is 1.26 bits per heavy atom. The van der Waals surface area contributed by atoms with E-state index in [0.29, 0.717) is 204 Å². The highest BCUT2D eigenvalue weighted by Gasteiger charge is 2.51. The number of para-hydroxylation sites is 1. The Bertz CT molecular complexity index is 4550. The van der Waals surface area contributed by atoms with Crippen LogP contribution in [0.15, 0.2) is 107 Å². The molecule has 0 spiro atoms. The van der Waals surface area contributed by atoms with Gasteiger partial charge in [-0.25, -0.2) is 37.6 Å². The van der Waals surface area contributed by atoms with E-state index in [9.17, 15) is 42.0 Å². The quantitative estimate of drug-likeness (QED) is 0.0118. The first-order chi connectivity index (χ1) is 58.3. The Balaban J connectivity index is 0.523. The van der Waals surface area contributed by atoms with Crippen LogP contribution in [0.25, 0.3) is 33.4 Å². The molecule has 0 bridgehead atoms. The average Bonchev–Trinajstić information content (AvgIpc) is 1.51. The minimum atomic E-state index is -3.54. The Kier molecular flexibility index (Phi) is 40.7. The smallest absolute Gasteiger partial charge is 0.457 e. The van der Waals surface area contributed by atoms with Crippen LogP contribution in [-0.4, -0.2) is 233 Å². The number of unbranched alkanes of at least 4 members (excludes halogenated alkanes) is 1. The lowest BCUT2D eigenvalue weighted by atomic mass is 9.85. The summed E-state index contributed by atoms with van der Waals surface area (Å²) in [7, 11) is -3.54. The zero-order chi connectivity index (χ0) is 85.3. The average molecular weight is 1700 g/mol. The Morgan fingerprint density at radius 3 is 1.83 bits per heavy atom. The molecule has 2 aliphatic heterocycles. The van der Waals surface area contributed by atoms with Gasteiger partial charge in [-0.3, -0.25) is 24.0 Å². The number of rotatable bonds is 62. The molecule has 3 N–H and O–H groups in total. The molecule has 654 valence electrons. The summed E-state index contributed by atoms with van der Waals surface area (Å²) >= 11 is 1.49. The van der Waals surface area contributed by atoms with Crippen LogP contribution in [0.5, 0.6) is 0 Å². The van der Waals surface area contributed by atoms with Crippen molar-refractivity contribution in [2.75, 3.05) is 150 Å². The molecule has 3 aromatic carbocycles. The number of aromatic nitrogens is 7. The van der Waals surface area contributed by atoms with E-state index in [1.807, 2.05) is 74.8 Å². The van der Waals surface area contributed by atoms with E-state index < -0.39 is 39.2 Å². The highest BCUT2D eigenvalue weighted by molar-refractivity contribution is 7.98. The van der Waals surface area contributed by atoms with E-state index >= 15 is 0 Å². The number of cyclic esters (lactones) is 1. The Morgan fingerprint density at radius 1 is 0.675 bits per heavy atom. The van der Waals surface area contributed by atoms with Crippen LogP contribution in [0, 0.1) is 5.92 Å². The number of nitrogens with zero attached hydrogens (tertiary/aromatic N) is 8. The molecule has 7 aromatic rings. The van der Waals surface area contributed by atoms with Crippen LogP contribution in [0.3, 0.4) is 0 Å². The van der Waals surface area contributed by atoms with Crippen molar-refractivity contribution in [1.29, 1.82) is 0 Å². The van der Waals surface area contributed by atoms with Crippen LogP contribution in [0.2, 0.25) is 0 Å². The topological polar surface area (TPSA) is 380 Å². The number of Topliss-reactive ketones (excluding diaryl/α,β-unsaturated/α-hetero) is 3. The normalized spacial score (nSPS) is 14.0. The van der Waals surface area contributed by atoms with Gasteiger partial charge in [0, 0.05) is 195 Å². The summed E-state index contributed by atoms with van der Waals surface area (Å²) in [6, 6.07) is 22.8. The summed E-state index contributed by atoms with van der Waals surface area (Å²) in [5.41, 5.74) is 10.9. The largest absolute Gasteiger partial charge is 0.510 e. The van der Waals surface area contributed by atoms with Crippen LogP contribution in [0.4, 0.5) is 10.5 Å². The zero-order valence-electron chi connectivity index (χ0n) is 69.9. The minimum absolute atomic E-state index is 0.0510. The number of thioether (sulfide) groups is 1. The first-order valence-corrected chi connectivity index (χ1v) is 44.8. The van der Waals surface area contributed by atoms with Crippen LogP contribution >= 0.6 is 11.8 Å². The number of anilines is 1. The van der Waals surface area contributed by atoms with E-state index in [1.54, 1.807) is 58.9 Å². The van der Waals surface area contributed by atoms with Gasteiger partial charge < -0.3 is 72.5 Å². The van der Waals surface area contributed by atoms with Crippen LogP contribution in [-0.2, 0) is 131 Å². The Hall–Kier alpha value is -8.68. The summed E-state index contributed by atoms with van der Waals surface area (Å²) in [5, 5.41) is 12.8. The number of sulfonamides is 1. The number of pyridine rings is 2. The standard InChI is InChI=1S/C87H118N10O21S2/c1-6-87(77-54-79-81-75(58-96(79)83(102)76(77)62-116-84(87)103)73(74-21-7-8-22-78(74)92-81)33-35-97(63(2)3)120(5,105)106)118-86(104)117-59-64-23-29-69(30-24-64)91-82(101)67(19-9-10-34-88)53-72(99)61-115-60-71(98)20-11-37-107-38-12-39-108-40-13-41-109-42-14-43-110-44-15-45-111-46-16-47-112-48-17-49-113-50-18-51-114-52-36-95-57-70(93-94-95)31-32-80(100)66-27-25-65(26-28-66)68-55-89-85(119-4)90-56-68/h7-8,21-30,54-57,63,67H,6,9-20,31-53,58-62,88H2,1-5H3,(H,91,101)/t67-,87+/m1/s1. The summed E-state index contributed by atoms with van der Waals surface area (Å²) in [6.07, 6.45) is 16.3. The number of aryl methyl sites for hydroxylation is 1. The van der Waals surface area contributed by atoms with Gasteiger partial charge in [-0.15, -0.1) is 5.10 Å². The number of carbonyl (C=O) groups excluding carboxylic acids is 6. The number of amides is 1. The number of ether oxygens (including phenoxy) is 12. The maximum absolute atomic E-state index is 14.4. The third-order valence-corrected chi connectivity index (χ3v) is 22.3. The van der Waals surface area contributed by atoms with Gasteiger partial charge in [-0.1, -0.05) is 84.9 Å². The van der Waals surface area contributed by atoms with Gasteiger partial charge >= 0.3 is 12.1 Å². The predicted octanol–water partition coefficient (Wildman–Crippen LogP) is 10.8. The second-order valence-corrected chi connectivity index (χ2v) is 32.4. The van der Waals surface area contributed by atoms with Crippen molar-refractivity contribution in [3.05, 3.63) is 147 Å². The summed E-state index contributed by atoms with van der Waals surface area (Å²) in [5.74, 6) is -2.42. The monoisotopic (exact) mass is 1700 g/mol. The van der Waals surface area contributed by atoms with Crippen LogP contribution in [0.1, 0.15) is 161 Å². The van der Waals surface area contributed by atoms with Gasteiger partial charge in [0.25, 0.3) is 5.56 Å². The molecular weight excluding hydrogens is 1590 g/mol. The number of benzene rings is 3. The molecule has 9 rings (SSSR count). The molecule has 6 heterocycles. The minimum Gasteiger partial charge on any atom is -0.457 e. The SMILES string of the molecule is CC[C@@]1(OC(=O)OCc2ccc(NC(=O)[C@H](CCCCN)CC(=O)COCC(=O)CCCOCCCOCCCOCCCOCCCOCCCOCCCOCCCOCCn3cc(CCC(=O)c4ccc(-c5cnc(SC)nc5)cc4)nn3)cc2)C(=O)OCc2c1cc1n(c2=O)Cc2c-1nc1ccccc1c2CCN(C(C)C)S(C)(=O)=O. The maximum Gasteiger partial charge on any atom is 0.510 e. The van der Waals surface area contributed by atoms with Gasteiger partial charge in [0.05, 0.1) is 54.1 Å². The van der Waals surface area contributed by atoms with E-state index in [-0.39, 0.29) is 99.2 Å². The fourth-order valence-electron chi connectivity index (χ4n) is 13.9. The molecule has 2 atom stereocenters. The molecule has 0 fully saturated rings. The number of esters is 1. The number of fused-ring (bicyclic) bond motifs is 5. The highest BCUT2D eigenvalue weighted by atomic mass is 32.2. The van der Waals surface area contributed by atoms with Gasteiger partial charge in [0.15, 0.2) is 22.5 Å². The molecule has 31 nitrogen and oxygen atoms in total. The van der Waals surface area contributed by atoms with E-state index in [0.717, 1.165) is 77.0 Å². The lowest BCUT2D eigenvalue weighted by Crippen LogP contribution is -2.47. The summed E-state index contributed by atoms with van der Waals surface area (Å²) in [4.78, 5) is 108. The van der Waals surface area contributed by atoms with E-state index in [1.165, 1.54) is 22.3 Å². The first kappa shape index (κ1) is 95.2. The van der Waals surface area contributed by atoms with Crippen molar-refractivity contribution in [2.24, 2.45) is 11.7 Å². The van der Waals surface area contributed by atoms with Gasteiger partial charge in [-0.2, -0.15) is 4.31 Å². The summed E-state index contributed by atoms with van der Waals surface area (Å²) < 4.78 is 98.5. The predicted molar refractivity (Wildman–Crippen MR) is 451 cm³/mol. The molecule has 4 aromatic heterocycles. The molecule has 0 saturated heterocycles. The van der Waals surface area contributed by atoms with Crippen molar-refractivity contribution in [3.63, 3.8) is 0 Å². The second-order valence-electron chi connectivity index (χ2n) is 29.7. The van der Waals surface area contributed by atoms with Gasteiger partial charge in [0.1, 0.15) is 26.4 Å². The molecule has 0 saturated carbocycles. The Labute approximate surface area is 706 Å². The first-order valence-electron chi connectivity index (χ1n) is 41.7. The van der Waals surface area contributed by atoms with Crippen molar-refractivity contribution in [2.45, 2.75) is 173 Å². The van der Waals surface area contributed by atoms with Gasteiger partial charge in [-0.05, 0) is 145 Å². The molecule has 0 unspecified atom stereocenters. The molecule has 33 heteroatoms. The van der Waals surface area contributed by atoms with Gasteiger partial charge in [0.2, 0.25) is 21.5 Å². The second kappa shape index (κ2) is 51.3. The fourth-order valence-corrected chi connectivity index (χ4v) is 15.4. The van der Waals surface area contributed by atoms with Crippen LogP contribution < -0.4 is 16.6 Å². The highest BCUT2D eigenvalue weighted by Crippen LogP contribution is 2.43. The number of hydrogen-bond donors (Lipinski definition) is 2. The van der Waals surface area contributed by atoms with Crippen molar-refractivity contribution >= 4 is 73.8 Å². The lowest BCUT2D eigenvalue weighted by molar-refractivity contribution is -0.175. The number of carbonyl (C=O) groups is 6. The number of ketones is 3. The number of hydrogen-bond acceptors (Lipinski definition) is 28. The van der Waals surface area contributed by atoms with Crippen molar-refractivity contribution in [1.82, 2.24) is 38.8 Å². The lowest BCUT2D eigenvalue weighted by Gasteiger charge is -2.35. The third kappa shape index (κ3) is 30.4. The maximum atomic E-state index is 14.4. The molecule has 1 amide bonds. The number of nitrogens with two attached hydrogens (primary N) is 1. The van der Waals surface area contributed by atoms with E-state index in [4.69, 9.17) is 67.6 Å². The molecule has 2 aliphatic rings. The molecule has 0 aliphatic carbocycles. The van der Waals surface area contributed by atoms with Crippen molar-refractivity contribution < 1.29 is 94.0 Å².